The summed E-state index contributed by atoms with van der Waals surface area (Å²) in [5.41, 5.74) is 6.20. The van der Waals surface area contributed by atoms with Crippen molar-refractivity contribution in [2.24, 2.45) is 29.6 Å². The molecule has 4 aromatic carbocycles. The van der Waals surface area contributed by atoms with E-state index in [9.17, 15) is 9.59 Å². The number of aromatic amines is 2. The highest BCUT2D eigenvalue weighted by Gasteiger charge is 2.85. The first kappa shape index (κ1) is 30.8. The van der Waals surface area contributed by atoms with Crippen LogP contribution in [0.4, 0.5) is 4.79 Å². The molecule has 2 aromatic heterocycles. The largest absolute Gasteiger partial charge is 0.453 e. The number of nitrogens with one attached hydrogen (secondary N) is 4. The summed E-state index contributed by atoms with van der Waals surface area (Å²) in [4.78, 5) is 45.4. The lowest BCUT2D eigenvalue weighted by atomic mass is 9.98. The highest BCUT2D eigenvalue weighted by atomic mass is 16.5. The molecular weight excluding hydrogens is 642 g/mol. The number of piperidine rings is 1. The first-order valence-corrected chi connectivity index (χ1v) is 18.1. The van der Waals surface area contributed by atoms with Gasteiger partial charge in [0.1, 0.15) is 17.7 Å². The van der Waals surface area contributed by atoms with E-state index >= 15 is 0 Å². The van der Waals surface area contributed by atoms with Gasteiger partial charge in [-0.25, -0.2) is 14.8 Å². The molecule has 2 amide bonds. The molecule has 11 nitrogen and oxygen atoms in total. The maximum atomic E-state index is 13.9. The molecule has 2 aliphatic carbocycles. The Labute approximate surface area is 294 Å². The van der Waals surface area contributed by atoms with Crippen molar-refractivity contribution in [3.8, 4) is 11.1 Å². The van der Waals surface area contributed by atoms with Gasteiger partial charge < -0.3 is 35.0 Å². The van der Waals surface area contributed by atoms with E-state index in [0.29, 0.717) is 23.7 Å². The number of nitrogens with zero attached hydrogens (tertiary/aromatic N) is 3. The number of hydrogen-bond donors (Lipinski definition) is 4. The maximum absolute atomic E-state index is 13.9. The number of benzene rings is 4. The van der Waals surface area contributed by atoms with Crippen molar-refractivity contribution < 1.29 is 19.1 Å². The normalized spacial score (nSPS) is 26.8. The summed E-state index contributed by atoms with van der Waals surface area (Å²) in [5.74, 6) is 3.71. The summed E-state index contributed by atoms with van der Waals surface area (Å²) in [7, 11) is 3.08. The number of imidazole rings is 2. The number of alkyl carbamates (subject to hydrolysis) is 1. The highest BCUT2D eigenvalue weighted by Crippen LogP contribution is 2.81. The molecular formula is C40H41N7O4. The number of aromatic nitrogens is 4. The van der Waals surface area contributed by atoms with Crippen molar-refractivity contribution in [1.29, 1.82) is 0 Å². The second-order valence-electron chi connectivity index (χ2n) is 15.3. The number of ether oxygens (including phenoxy) is 2. The van der Waals surface area contributed by atoms with Crippen molar-refractivity contribution in [2.75, 3.05) is 27.4 Å². The van der Waals surface area contributed by atoms with Crippen molar-refractivity contribution in [1.82, 2.24) is 35.5 Å². The zero-order valence-corrected chi connectivity index (χ0v) is 29.1. The molecule has 6 aromatic rings. The van der Waals surface area contributed by atoms with Gasteiger partial charge in [0.15, 0.2) is 0 Å². The van der Waals surface area contributed by atoms with E-state index in [1.807, 2.05) is 18.7 Å². The molecule has 5 aliphatic rings. The molecule has 8 atom stereocenters. The van der Waals surface area contributed by atoms with E-state index in [1.165, 1.54) is 7.11 Å². The van der Waals surface area contributed by atoms with E-state index < -0.39 is 12.1 Å². The number of carbonyl (C=O) groups is 2. The minimum atomic E-state index is -0.649. The van der Waals surface area contributed by atoms with E-state index in [2.05, 4.69) is 81.3 Å². The molecule has 2 saturated carbocycles. The summed E-state index contributed by atoms with van der Waals surface area (Å²) < 4.78 is 10.2. The summed E-state index contributed by atoms with van der Waals surface area (Å²) >= 11 is 0. The second-order valence-corrected chi connectivity index (χ2v) is 15.3. The zero-order chi connectivity index (χ0) is 34.7. The topological polar surface area (TPSA) is 137 Å². The van der Waals surface area contributed by atoms with Crippen molar-refractivity contribution in [2.45, 2.75) is 44.4 Å². The summed E-state index contributed by atoms with van der Waals surface area (Å²) in [6, 6.07) is 21.4. The third-order valence-corrected chi connectivity index (χ3v) is 12.0. The standard InChI is InChI=1S/C40H41N7O4/c1-18(2)32(46-40(49)51-4)39(48)47-35-29-30(35)31(29)36(47)38-43-27-12-8-23-15-21(6-10-25(23)34(27)45-38)20-5-9-24-22(14-20)7-11-26-33(24)44-37(42-26)28-13-19(16-41-28)17-50-3/h5-12,14-15,18-19,28-32,35-36,41H,13,16-17H2,1-4H3,(H,42,44)(H,43,45)(H,46,49)/t19-,28-,29+,30?,31?,32-,35?,36-/m0/s1. The molecule has 260 valence electrons. The molecule has 2 bridgehead atoms. The Morgan fingerprint density at radius 1 is 0.863 bits per heavy atom. The quantitative estimate of drug-likeness (QED) is 0.150. The van der Waals surface area contributed by atoms with Gasteiger partial charge in [-0.1, -0.05) is 50.2 Å². The molecule has 11 heteroatoms. The molecule has 0 spiro atoms. The SMILES string of the molecule is COC[C@@H]1CN[C@H](c2nc3c(ccc4cc(-c5ccc6c(ccc7[nH]c([C@@H]8C9C%10C([C@H]%109)N8C(=O)[C@@H](NC(=O)OC)C(C)C)nc76)c5)ccc43)[nH]2)C1. The van der Waals surface area contributed by atoms with E-state index in [1.54, 1.807) is 7.11 Å². The van der Waals surface area contributed by atoms with Crippen LogP contribution in [-0.2, 0) is 14.3 Å². The molecule has 3 saturated heterocycles. The summed E-state index contributed by atoms with van der Waals surface area (Å²) in [6.45, 7) is 5.60. The minimum absolute atomic E-state index is 0.0568. The van der Waals surface area contributed by atoms with E-state index in [-0.39, 0.29) is 30.0 Å². The van der Waals surface area contributed by atoms with Gasteiger partial charge in [0.05, 0.1) is 47.9 Å². The third kappa shape index (κ3) is 4.70. The van der Waals surface area contributed by atoms with Crippen LogP contribution in [0.3, 0.4) is 0 Å². The van der Waals surface area contributed by atoms with Crippen LogP contribution in [0.2, 0.25) is 0 Å². The van der Waals surface area contributed by atoms with Crippen LogP contribution in [0.25, 0.3) is 54.7 Å². The predicted molar refractivity (Wildman–Crippen MR) is 195 cm³/mol. The van der Waals surface area contributed by atoms with Gasteiger partial charge in [0.25, 0.3) is 0 Å². The number of hydrogen-bond acceptors (Lipinski definition) is 7. The van der Waals surface area contributed by atoms with Gasteiger partial charge in [0.2, 0.25) is 5.91 Å². The van der Waals surface area contributed by atoms with Gasteiger partial charge in [-0.3, -0.25) is 4.79 Å². The fourth-order valence-electron chi connectivity index (χ4n) is 9.34. The lowest BCUT2D eigenvalue weighted by Crippen LogP contribution is -2.51. The fraction of sp³-hybridized carbons (Fsp3) is 0.400. The van der Waals surface area contributed by atoms with Crippen LogP contribution in [0, 0.1) is 29.6 Å². The Bertz CT molecular complexity index is 2390. The van der Waals surface area contributed by atoms with Crippen LogP contribution in [0.5, 0.6) is 0 Å². The monoisotopic (exact) mass is 683 g/mol. The van der Waals surface area contributed by atoms with Crippen molar-refractivity contribution in [3.63, 3.8) is 0 Å². The molecule has 3 unspecified atom stereocenters. The van der Waals surface area contributed by atoms with Crippen LogP contribution in [0.15, 0.2) is 60.7 Å². The number of amides is 2. The van der Waals surface area contributed by atoms with Crippen molar-refractivity contribution >= 4 is 55.6 Å². The first-order valence-electron chi connectivity index (χ1n) is 18.1. The number of H-pyrrole nitrogens is 2. The van der Waals surface area contributed by atoms with Crippen LogP contribution in [-0.4, -0.2) is 76.3 Å². The highest BCUT2D eigenvalue weighted by molar-refractivity contribution is 6.07. The Morgan fingerprint density at radius 2 is 1.49 bits per heavy atom. The number of methoxy groups -OCH3 is 2. The lowest BCUT2D eigenvalue weighted by Gasteiger charge is -2.29. The average molecular weight is 684 g/mol. The third-order valence-electron chi connectivity index (χ3n) is 12.0. The number of rotatable bonds is 8. The predicted octanol–water partition coefficient (Wildman–Crippen LogP) is 6.22. The van der Waals surface area contributed by atoms with Crippen molar-refractivity contribution in [3.05, 3.63) is 72.3 Å². The minimum Gasteiger partial charge on any atom is -0.453 e. The molecule has 11 rings (SSSR count). The van der Waals surface area contributed by atoms with Gasteiger partial charge in [-0.15, -0.1) is 0 Å². The zero-order valence-electron chi connectivity index (χ0n) is 29.1. The van der Waals surface area contributed by atoms with Gasteiger partial charge in [-0.05, 0) is 82.2 Å². The molecule has 3 aliphatic heterocycles. The average Bonchev–Trinajstić information content (AvgIpc) is 3.58. The molecule has 5 fully saturated rings. The second kappa shape index (κ2) is 11.2. The van der Waals surface area contributed by atoms with E-state index in [0.717, 1.165) is 86.0 Å². The molecule has 0 radical (unpaired) electrons. The van der Waals surface area contributed by atoms with E-state index in [4.69, 9.17) is 19.4 Å². The molecule has 4 N–H and O–H groups in total. The molecule has 51 heavy (non-hydrogen) atoms. The Balaban J connectivity index is 0.941. The summed E-state index contributed by atoms with van der Waals surface area (Å²) in [5, 5.41) is 10.8. The maximum Gasteiger partial charge on any atom is 0.407 e. The van der Waals surface area contributed by atoms with Crippen LogP contribution >= 0.6 is 0 Å². The Hall–Kier alpha value is -5.00. The van der Waals surface area contributed by atoms with Crippen LogP contribution in [0.1, 0.15) is 44.0 Å². The summed E-state index contributed by atoms with van der Waals surface area (Å²) in [6.07, 6.45) is 0.424. The first-order chi connectivity index (χ1) is 24.8. The van der Waals surface area contributed by atoms with Crippen LogP contribution < -0.4 is 10.6 Å². The fourth-order valence-corrected chi connectivity index (χ4v) is 9.34. The number of carbonyl (C=O) groups excluding carboxylic acids is 2. The van der Waals surface area contributed by atoms with Gasteiger partial charge >= 0.3 is 6.09 Å². The smallest absolute Gasteiger partial charge is 0.407 e. The lowest BCUT2D eigenvalue weighted by molar-refractivity contribution is -0.136. The molecule has 5 heterocycles. The Kier molecular flexibility index (Phi) is 6.79. The number of fused-ring (bicyclic) bond motifs is 7. The van der Waals surface area contributed by atoms with Gasteiger partial charge in [-0.2, -0.15) is 0 Å². The Morgan fingerprint density at radius 3 is 2.10 bits per heavy atom. The van der Waals surface area contributed by atoms with Gasteiger partial charge in [0, 0.05) is 30.5 Å².